The SMILES string of the molecule is CC(C)P(c1ccccc1Op1oc2ccc3ccccc3c2c2c(ccc3ccccc32)o1)C(C)C. The third-order valence-corrected chi connectivity index (χ3v) is 11.0. The summed E-state index contributed by atoms with van der Waals surface area (Å²) in [5.74, 6) is 0.855. The van der Waals surface area contributed by atoms with Crippen LogP contribution in [-0.4, -0.2) is 11.3 Å². The highest BCUT2D eigenvalue weighted by Crippen LogP contribution is 2.49. The minimum absolute atomic E-state index is 0.406. The second-order valence-corrected chi connectivity index (χ2v) is 14.2. The normalized spacial score (nSPS) is 12.0. The van der Waals surface area contributed by atoms with Gasteiger partial charge in [0, 0.05) is 16.1 Å². The molecule has 0 atom stereocenters. The molecule has 0 saturated carbocycles. The molecular weight excluding hydrogens is 494 g/mol. The summed E-state index contributed by atoms with van der Waals surface area (Å²) in [6, 6.07) is 33.6. The van der Waals surface area contributed by atoms with Gasteiger partial charge in [-0.1, -0.05) is 114 Å². The number of rotatable bonds is 5. The summed E-state index contributed by atoms with van der Waals surface area (Å²) in [6.07, 6.45) is 0. The molecule has 0 radical (unpaired) electrons. The lowest BCUT2D eigenvalue weighted by Crippen LogP contribution is -2.16. The molecule has 0 N–H and O–H groups in total. The topological polar surface area (TPSA) is 35.5 Å². The molecule has 5 aromatic carbocycles. The van der Waals surface area contributed by atoms with Crippen molar-refractivity contribution in [3.8, 4) is 5.75 Å². The summed E-state index contributed by atoms with van der Waals surface area (Å²) >= 11 is 0. The second-order valence-electron chi connectivity index (χ2n) is 9.88. The Morgan fingerprint density at radius 1 is 0.595 bits per heavy atom. The Bertz CT molecular complexity index is 1680. The van der Waals surface area contributed by atoms with E-state index in [9.17, 15) is 0 Å². The lowest BCUT2D eigenvalue weighted by molar-refractivity contribution is 0.500. The van der Waals surface area contributed by atoms with E-state index in [4.69, 9.17) is 12.9 Å². The standard InChI is InChI=1S/C32H30O3P2/c1-21(2)36(22(3)4)30-16-10-9-15-27(30)33-37-34-28-19-17-23-11-5-7-13-25(23)31(28)32-26-14-8-6-12-24(26)18-20-29(32)35-37/h5-22H,1-4H3. The van der Waals surface area contributed by atoms with E-state index in [1.54, 1.807) is 0 Å². The molecule has 1 aromatic heterocycles. The highest BCUT2D eigenvalue weighted by Gasteiger charge is 2.23. The first kappa shape index (κ1) is 24.1. The van der Waals surface area contributed by atoms with Gasteiger partial charge in [-0.05, 0) is 51.1 Å². The molecule has 37 heavy (non-hydrogen) atoms. The summed E-state index contributed by atoms with van der Waals surface area (Å²) in [7, 11) is -2.13. The van der Waals surface area contributed by atoms with E-state index >= 15 is 0 Å². The van der Waals surface area contributed by atoms with Crippen LogP contribution < -0.4 is 9.83 Å². The minimum atomic E-state index is -1.73. The van der Waals surface area contributed by atoms with Crippen LogP contribution in [0.5, 0.6) is 5.75 Å². The van der Waals surface area contributed by atoms with E-state index < -0.39 is 16.2 Å². The van der Waals surface area contributed by atoms with E-state index in [-0.39, 0.29) is 0 Å². The predicted octanol–water partition coefficient (Wildman–Crippen LogP) is 10.4. The molecule has 0 fully saturated rings. The van der Waals surface area contributed by atoms with Crippen molar-refractivity contribution in [2.24, 2.45) is 0 Å². The molecule has 5 heteroatoms. The molecule has 0 saturated heterocycles. The Morgan fingerprint density at radius 3 is 1.62 bits per heavy atom. The number of hydrogen-bond acceptors (Lipinski definition) is 3. The Kier molecular flexibility index (Phi) is 6.45. The van der Waals surface area contributed by atoms with Crippen LogP contribution in [0.3, 0.4) is 0 Å². The molecule has 1 heterocycles. The molecule has 3 nitrogen and oxygen atoms in total. The zero-order valence-electron chi connectivity index (χ0n) is 21.5. The zero-order chi connectivity index (χ0) is 25.5. The van der Waals surface area contributed by atoms with Crippen LogP contribution in [-0.2, 0) is 0 Å². The van der Waals surface area contributed by atoms with Crippen molar-refractivity contribution in [2.75, 3.05) is 0 Å². The molecule has 0 aliphatic carbocycles. The van der Waals surface area contributed by atoms with Crippen LogP contribution in [0.25, 0.3) is 43.5 Å². The number of hydrogen-bond donors (Lipinski definition) is 0. The number of benzene rings is 5. The maximum Gasteiger partial charge on any atom is 0.453 e. The van der Waals surface area contributed by atoms with Crippen molar-refractivity contribution < 1.29 is 12.9 Å². The summed E-state index contributed by atoms with van der Waals surface area (Å²) in [6.45, 7) is 9.20. The molecule has 0 aliphatic rings. The Labute approximate surface area is 219 Å². The lowest BCUT2D eigenvalue weighted by Gasteiger charge is -2.27. The smallest absolute Gasteiger partial charge is 0.390 e. The van der Waals surface area contributed by atoms with Gasteiger partial charge in [-0.25, -0.2) is 0 Å². The Morgan fingerprint density at radius 2 is 1.08 bits per heavy atom. The van der Waals surface area contributed by atoms with E-state index in [0.717, 1.165) is 38.5 Å². The van der Waals surface area contributed by atoms with E-state index in [2.05, 4.69) is 119 Å². The first-order chi connectivity index (χ1) is 18.0. The van der Waals surface area contributed by atoms with Crippen molar-refractivity contribution in [3.63, 3.8) is 0 Å². The number of fused-ring (bicyclic) bond motifs is 7. The molecule has 0 aliphatic heterocycles. The maximum atomic E-state index is 6.62. The Balaban J connectivity index is 1.66. The monoisotopic (exact) mass is 524 g/mol. The molecular formula is C32H30O3P2. The van der Waals surface area contributed by atoms with Gasteiger partial charge in [0.05, 0.1) is 0 Å². The second kappa shape index (κ2) is 9.90. The molecule has 0 unspecified atom stereocenters. The van der Waals surface area contributed by atoms with Gasteiger partial charge in [0.2, 0.25) is 0 Å². The summed E-state index contributed by atoms with van der Waals surface area (Å²) in [4.78, 5) is 0. The van der Waals surface area contributed by atoms with E-state index in [0.29, 0.717) is 11.3 Å². The third-order valence-electron chi connectivity index (χ3n) is 6.81. The third kappa shape index (κ3) is 4.42. The van der Waals surface area contributed by atoms with Crippen molar-refractivity contribution in [1.82, 2.24) is 0 Å². The van der Waals surface area contributed by atoms with Gasteiger partial charge >= 0.3 is 8.24 Å². The van der Waals surface area contributed by atoms with Gasteiger partial charge in [0.15, 0.2) is 0 Å². The van der Waals surface area contributed by atoms with Gasteiger partial charge in [-0.15, -0.1) is 0 Å². The predicted molar refractivity (Wildman–Crippen MR) is 161 cm³/mol. The average molecular weight is 525 g/mol. The zero-order valence-corrected chi connectivity index (χ0v) is 23.3. The van der Waals surface area contributed by atoms with Crippen LogP contribution in [0.15, 0.2) is 105 Å². The lowest BCUT2D eigenvalue weighted by atomic mass is 9.99. The maximum absolute atomic E-state index is 6.62. The summed E-state index contributed by atoms with van der Waals surface area (Å²) < 4.78 is 19.8. The number of para-hydroxylation sites is 1. The molecule has 6 rings (SSSR count). The fraction of sp³-hybridized carbons (Fsp3) is 0.188. The highest BCUT2D eigenvalue weighted by molar-refractivity contribution is 7.67. The van der Waals surface area contributed by atoms with Gasteiger partial charge < -0.3 is 12.9 Å². The van der Waals surface area contributed by atoms with Crippen LogP contribution in [0.2, 0.25) is 0 Å². The first-order valence-corrected chi connectivity index (χ1v) is 15.3. The van der Waals surface area contributed by atoms with Crippen molar-refractivity contribution in [1.29, 1.82) is 0 Å². The van der Waals surface area contributed by atoms with Gasteiger partial charge in [0.1, 0.15) is 16.9 Å². The van der Waals surface area contributed by atoms with Crippen LogP contribution >= 0.6 is 16.2 Å². The van der Waals surface area contributed by atoms with E-state index in [1.807, 2.05) is 6.07 Å². The van der Waals surface area contributed by atoms with E-state index in [1.165, 1.54) is 16.1 Å². The van der Waals surface area contributed by atoms with Gasteiger partial charge in [-0.3, -0.25) is 0 Å². The van der Waals surface area contributed by atoms with Gasteiger partial charge in [-0.2, -0.15) is 0 Å². The first-order valence-electron chi connectivity index (χ1n) is 12.8. The van der Waals surface area contributed by atoms with Crippen LogP contribution in [0, 0.1) is 0 Å². The fourth-order valence-electron chi connectivity index (χ4n) is 5.37. The fourth-order valence-corrected chi connectivity index (χ4v) is 9.44. The average Bonchev–Trinajstić information content (AvgIpc) is 3.06. The van der Waals surface area contributed by atoms with Crippen molar-refractivity contribution in [2.45, 2.75) is 39.0 Å². The molecule has 0 amide bonds. The molecule has 0 bridgehead atoms. The minimum Gasteiger partial charge on any atom is -0.390 e. The molecule has 6 aromatic rings. The van der Waals surface area contributed by atoms with Crippen LogP contribution in [0.1, 0.15) is 27.7 Å². The van der Waals surface area contributed by atoms with Crippen LogP contribution in [0.4, 0.5) is 0 Å². The quantitative estimate of drug-likeness (QED) is 0.211. The van der Waals surface area contributed by atoms with Crippen molar-refractivity contribution >= 4 is 64.9 Å². The summed E-state index contributed by atoms with van der Waals surface area (Å²) in [5, 5.41) is 7.99. The van der Waals surface area contributed by atoms with Crippen molar-refractivity contribution in [3.05, 3.63) is 97.1 Å². The largest absolute Gasteiger partial charge is 0.453 e. The highest BCUT2D eigenvalue weighted by atomic mass is 31.1. The Hall–Kier alpha value is -3.25. The summed E-state index contributed by atoms with van der Waals surface area (Å²) in [5.41, 5.74) is 2.66. The van der Waals surface area contributed by atoms with Gasteiger partial charge in [0.25, 0.3) is 0 Å². The molecule has 186 valence electrons. The molecule has 0 spiro atoms.